The number of hydrogen-bond acceptors (Lipinski definition) is 2. The van der Waals surface area contributed by atoms with Crippen LogP contribution in [0.3, 0.4) is 0 Å². The van der Waals surface area contributed by atoms with Crippen molar-refractivity contribution in [2.24, 2.45) is 0 Å². The zero-order valence-corrected chi connectivity index (χ0v) is 21.6. The van der Waals surface area contributed by atoms with Crippen LogP contribution in [-0.2, 0) is 12.8 Å². The Labute approximate surface area is 206 Å². The maximum absolute atomic E-state index is 5.55. The minimum absolute atomic E-state index is 0.638. The minimum atomic E-state index is 0.638. The van der Waals surface area contributed by atoms with Crippen LogP contribution in [0.4, 0.5) is 0 Å². The van der Waals surface area contributed by atoms with E-state index in [4.69, 9.17) is 9.47 Å². The number of methoxy groups -OCH3 is 2. The molecule has 2 atom stereocenters. The summed E-state index contributed by atoms with van der Waals surface area (Å²) in [7, 11) is 4.75. The molecule has 4 aromatic carbocycles. The SMILES string of the molecule is COc1ccccc1Cc1ccccc1PC=CPc1ccccc1Cc1ccccc1OC. The van der Waals surface area contributed by atoms with Gasteiger partial charge in [-0.25, -0.2) is 0 Å². The van der Waals surface area contributed by atoms with E-state index in [1.165, 1.54) is 32.9 Å². The molecule has 0 amide bonds. The molecule has 0 aliphatic carbocycles. The fourth-order valence-electron chi connectivity index (χ4n) is 4.00. The number of benzene rings is 4. The average Bonchev–Trinajstić information content (AvgIpc) is 2.89. The van der Waals surface area contributed by atoms with E-state index in [0.717, 1.165) is 24.3 Å². The van der Waals surface area contributed by atoms with Crippen LogP contribution in [0.2, 0.25) is 0 Å². The zero-order valence-electron chi connectivity index (χ0n) is 19.6. The highest BCUT2D eigenvalue weighted by Crippen LogP contribution is 2.27. The van der Waals surface area contributed by atoms with Crippen LogP contribution >= 0.6 is 17.2 Å². The first kappa shape index (κ1) is 24.2. The molecule has 0 heterocycles. The van der Waals surface area contributed by atoms with E-state index >= 15 is 0 Å². The van der Waals surface area contributed by atoms with Crippen molar-refractivity contribution in [3.63, 3.8) is 0 Å². The highest BCUT2D eigenvalue weighted by atomic mass is 31.1. The Kier molecular flexibility index (Phi) is 8.91. The summed E-state index contributed by atoms with van der Waals surface area (Å²) < 4.78 is 11.1. The normalized spacial score (nSPS) is 11.7. The van der Waals surface area contributed by atoms with Crippen molar-refractivity contribution in [3.8, 4) is 11.5 Å². The van der Waals surface area contributed by atoms with Crippen LogP contribution in [0.25, 0.3) is 0 Å². The lowest BCUT2D eigenvalue weighted by atomic mass is 10.0. The molecule has 2 nitrogen and oxygen atoms in total. The Morgan fingerprint density at radius 3 is 1.26 bits per heavy atom. The fraction of sp³-hybridized carbons (Fsp3) is 0.133. The topological polar surface area (TPSA) is 18.5 Å². The van der Waals surface area contributed by atoms with Gasteiger partial charge in [-0.05, 0) is 45.0 Å². The van der Waals surface area contributed by atoms with Gasteiger partial charge in [-0.1, -0.05) is 114 Å². The van der Waals surface area contributed by atoms with Crippen LogP contribution in [0.1, 0.15) is 22.3 Å². The smallest absolute Gasteiger partial charge is 0.122 e. The summed E-state index contributed by atoms with van der Waals surface area (Å²) in [4.78, 5) is 0. The van der Waals surface area contributed by atoms with Crippen molar-refractivity contribution < 1.29 is 9.47 Å². The van der Waals surface area contributed by atoms with Crippen molar-refractivity contribution in [2.75, 3.05) is 14.2 Å². The fourth-order valence-corrected chi connectivity index (χ4v) is 6.13. The lowest BCUT2D eigenvalue weighted by Crippen LogP contribution is -2.05. The van der Waals surface area contributed by atoms with Gasteiger partial charge in [-0.2, -0.15) is 0 Å². The maximum Gasteiger partial charge on any atom is 0.122 e. The van der Waals surface area contributed by atoms with Gasteiger partial charge in [0.15, 0.2) is 0 Å². The molecule has 4 rings (SSSR count). The van der Waals surface area contributed by atoms with E-state index in [0.29, 0.717) is 17.2 Å². The molecule has 4 aromatic rings. The Hall–Kier alpha value is -2.92. The van der Waals surface area contributed by atoms with E-state index in [1.54, 1.807) is 14.2 Å². The number of hydrogen-bond donors (Lipinski definition) is 0. The van der Waals surface area contributed by atoms with Gasteiger partial charge >= 0.3 is 0 Å². The Bertz CT molecular complexity index is 1150. The molecule has 0 spiro atoms. The molecule has 0 fully saturated rings. The molecule has 0 aliphatic rings. The molecule has 34 heavy (non-hydrogen) atoms. The summed E-state index contributed by atoms with van der Waals surface area (Å²) in [6, 6.07) is 34.0. The molecule has 172 valence electrons. The highest BCUT2D eigenvalue weighted by molar-refractivity contribution is 7.54. The van der Waals surface area contributed by atoms with Gasteiger partial charge < -0.3 is 9.47 Å². The molecule has 0 aliphatic heterocycles. The summed E-state index contributed by atoms with van der Waals surface area (Å²) in [6.45, 7) is 0. The predicted octanol–water partition coefficient (Wildman–Crippen LogP) is 6.66. The quantitative estimate of drug-likeness (QED) is 0.234. The molecular weight excluding hydrogens is 454 g/mol. The summed E-state index contributed by atoms with van der Waals surface area (Å²) in [5, 5.41) is 2.77. The Morgan fingerprint density at radius 2 is 0.853 bits per heavy atom. The zero-order chi connectivity index (χ0) is 23.6. The van der Waals surface area contributed by atoms with Crippen LogP contribution in [-0.4, -0.2) is 14.2 Å². The molecule has 0 N–H and O–H groups in total. The monoisotopic (exact) mass is 484 g/mol. The molecule has 0 bridgehead atoms. The number of rotatable bonds is 10. The molecule has 2 unspecified atom stereocenters. The van der Waals surface area contributed by atoms with Gasteiger partial charge in [0.2, 0.25) is 0 Å². The van der Waals surface area contributed by atoms with Crippen LogP contribution < -0.4 is 20.1 Å². The van der Waals surface area contributed by atoms with Crippen molar-refractivity contribution in [2.45, 2.75) is 12.8 Å². The number of ether oxygens (including phenoxy) is 2. The third kappa shape index (κ3) is 6.35. The molecule has 0 saturated carbocycles. The Balaban J connectivity index is 1.44. The van der Waals surface area contributed by atoms with Crippen molar-refractivity contribution >= 4 is 27.8 Å². The van der Waals surface area contributed by atoms with Gasteiger partial charge in [0, 0.05) is 12.8 Å². The first-order chi connectivity index (χ1) is 16.8. The van der Waals surface area contributed by atoms with Crippen LogP contribution in [0.15, 0.2) is 109 Å². The summed E-state index contributed by atoms with van der Waals surface area (Å²) in [5.41, 5.74) is 5.15. The molecule has 0 radical (unpaired) electrons. The van der Waals surface area contributed by atoms with E-state index in [-0.39, 0.29) is 0 Å². The Morgan fingerprint density at radius 1 is 0.500 bits per heavy atom. The highest BCUT2D eigenvalue weighted by Gasteiger charge is 2.08. The van der Waals surface area contributed by atoms with Crippen molar-refractivity contribution in [1.29, 1.82) is 0 Å². The largest absolute Gasteiger partial charge is 0.496 e. The molecule has 4 heteroatoms. The summed E-state index contributed by atoms with van der Waals surface area (Å²) in [5.74, 6) is 6.56. The van der Waals surface area contributed by atoms with Gasteiger partial charge in [-0.3, -0.25) is 0 Å². The molecule has 0 saturated heterocycles. The number of para-hydroxylation sites is 2. The standard InChI is InChI=1S/C30H30O2P2/c1-31-27-15-7-3-11-23(27)21-25-13-5-9-17-29(25)33-19-20-34-30-18-10-6-14-26(30)22-24-12-4-8-16-28(24)32-2/h3-20,33-34H,21-22H2,1-2H3. The van der Waals surface area contributed by atoms with Crippen molar-refractivity contribution in [3.05, 3.63) is 131 Å². The first-order valence-electron chi connectivity index (χ1n) is 11.4. The van der Waals surface area contributed by atoms with E-state index < -0.39 is 0 Å². The average molecular weight is 485 g/mol. The summed E-state index contributed by atoms with van der Waals surface area (Å²) >= 11 is 0. The van der Waals surface area contributed by atoms with Gasteiger partial charge in [0.1, 0.15) is 11.5 Å². The van der Waals surface area contributed by atoms with Gasteiger partial charge in [0.25, 0.3) is 0 Å². The maximum atomic E-state index is 5.55. The first-order valence-corrected chi connectivity index (χ1v) is 13.5. The lowest BCUT2D eigenvalue weighted by molar-refractivity contribution is 0.410. The second-order valence-corrected chi connectivity index (χ2v) is 10.2. The molecule has 0 aromatic heterocycles. The third-order valence-corrected chi connectivity index (χ3v) is 8.34. The van der Waals surface area contributed by atoms with Crippen LogP contribution in [0.5, 0.6) is 11.5 Å². The van der Waals surface area contributed by atoms with E-state index in [1.807, 2.05) is 24.3 Å². The van der Waals surface area contributed by atoms with Gasteiger partial charge in [0.05, 0.1) is 14.2 Å². The third-order valence-electron chi connectivity index (χ3n) is 5.74. The second kappa shape index (κ2) is 12.5. The lowest BCUT2D eigenvalue weighted by Gasteiger charge is -2.12. The predicted molar refractivity (Wildman–Crippen MR) is 150 cm³/mol. The summed E-state index contributed by atoms with van der Waals surface area (Å²) in [6.07, 6.45) is 1.76. The van der Waals surface area contributed by atoms with Gasteiger partial charge in [-0.15, -0.1) is 0 Å². The van der Waals surface area contributed by atoms with E-state index in [9.17, 15) is 0 Å². The second-order valence-electron chi connectivity index (χ2n) is 7.91. The van der Waals surface area contributed by atoms with E-state index in [2.05, 4.69) is 84.4 Å². The minimum Gasteiger partial charge on any atom is -0.496 e. The molecular formula is C30H30O2P2. The van der Waals surface area contributed by atoms with Crippen LogP contribution in [0, 0.1) is 0 Å². The van der Waals surface area contributed by atoms with Crippen molar-refractivity contribution in [1.82, 2.24) is 0 Å².